The number of ether oxygens (including phenoxy) is 3. The summed E-state index contributed by atoms with van der Waals surface area (Å²) in [5.74, 6) is 0.0877. The van der Waals surface area contributed by atoms with Crippen LogP contribution in [0.5, 0.6) is 17.2 Å². The zero-order valence-electron chi connectivity index (χ0n) is 19.0. The Balaban J connectivity index is 1.41. The van der Waals surface area contributed by atoms with Crippen LogP contribution in [-0.2, 0) is 16.1 Å². The number of Topliss-reactive ketones (excluding diaryl/α,β-unsaturated/α-hetero) is 1. The van der Waals surface area contributed by atoms with Crippen molar-refractivity contribution in [1.82, 2.24) is 5.32 Å². The van der Waals surface area contributed by atoms with E-state index in [0.29, 0.717) is 28.5 Å². The van der Waals surface area contributed by atoms with Crippen molar-refractivity contribution in [2.75, 3.05) is 31.8 Å². The van der Waals surface area contributed by atoms with Crippen molar-refractivity contribution >= 4 is 23.3 Å². The fourth-order valence-electron chi connectivity index (χ4n) is 3.46. The van der Waals surface area contributed by atoms with E-state index in [1.165, 1.54) is 23.1 Å². The number of fused-ring (bicyclic) bond motifs is 1. The van der Waals surface area contributed by atoms with Crippen molar-refractivity contribution in [3.05, 3.63) is 83.7 Å². The SMILES string of the molecule is COc1ccc(OCC(=O)c2ccc3c(c2)N(CC(=O)NCc2ccc(F)cc2)C(=O)CO3)cc1. The van der Waals surface area contributed by atoms with E-state index in [1.54, 1.807) is 55.6 Å². The van der Waals surface area contributed by atoms with E-state index in [2.05, 4.69) is 5.32 Å². The van der Waals surface area contributed by atoms with Gasteiger partial charge in [0.25, 0.3) is 5.91 Å². The highest BCUT2D eigenvalue weighted by molar-refractivity contribution is 6.04. The molecule has 0 saturated heterocycles. The maximum atomic E-state index is 13.1. The summed E-state index contributed by atoms with van der Waals surface area (Å²) in [5, 5.41) is 2.71. The third-order valence-electron chi connectivity index (χ3n) is 5.36. The molecule has 0 fully saturated rings. The summed E-state index contributed by atoms with van der Waals surface area (Å²) in [6.45, 7) is -0.494. The quantitative estimate of drug-likeness (QED) is 0.475. The highest BCUT2D eigenvalue weighted by Crippen LogP contribution is 2.33. The highest BCUT2D eigenvalue weighted by atomic mass is 19.1. The van der Waals surface area contributed by atoms with Crippen molar-refractivity contribution in [1.29, 1.82) is 0 Å². The van der Waals surface area contributed by atoms with Crippen molar-refractivity contribution < 1.29 is 33.0 Å². The van der Waals surface area contributed by atoms with Gasteiger partial charge in [-0.15, -0.1) is 0 Å². The molecule has 0 saturated carbocycles. The van der Waals surface area contributed by atoms with Gasteiger partial charge in [-0.05, 0) is 60.2 Å². The summed E-state index contributed by atoms with van der Waals surface area (Å²) in [6, 6.07) is 17.3. The minimum Gasteiger partial charge on any atom is -0.497 e. The van der Waals surface area contributed by atoms with E-state index in [-0.39, 0.29) is 37.9 Å². The average molecular weight is 478 g/mol. The maximum absolute atomic E-state index is 13.1. The summed E-state index contributed by atoms with van der Waals surface area (Å²) >= 11 is 0. The van der Waals surface area contributed by atoms with E-state index < -0.39 is 11.8 Å². The normalized spacial score (nSPS) is 12.4. The molecule has 0 radical (unpaired) electrons. The number of hydrogen-bond acceptors (Lipinski definition) is 6. The average Bonchev–Trinajstić information content (AvgIpc) is 2.88. The lowest BCUT2D eigenvalue weighted by Gasteiger charge is -2.29. The van der Waals surface area contributed by atoms with E-state index in [0.717, 1.165) is 5.56 Å². The van der Waals surface area contributed by atoms with Crippen LogP contribution in [0.25, 0.3) is 0 Å². The summed E-state index contributed by atoms with van der Waals surface area (Å²) in [4.78, 5) is 39.0. The van der Waals surface area contributed by atoms with Crippen LogP contribution in [0.15, 0.2) is 66.7 Å². The lowest BCUT2D eigenvalue weighted by Crippen LogP contribution is -2.45. The molecule has 4 rings (SSSR count). The minimum absolute atomic E-state index is 0.186. The molecule has 1 heterocycles. The number of carbonyl (C=O) groups is 3. The molecule has 180 valence electrons. The number of hydrogen-bond donors (Lipinski definition) is 1. The first-order valence-electron chi connectivity index (χ1n) is 10.8. The molecule has 2 amide bonds. The van der Waals surface area contributed by atoms with Crippen molar-refractivity contribution in [3.63, 3.8) is 0 Å². The van der Waals surface area contributed by atoms with Gasteiger partial charge in [-0.25, -0.2) is 4.39 Å². The Morgan fingerprint density at radius 3 is 2.46 bits per heavy atom. The molecular formula is C26H23FN2O6. The van der Waals surface area contributed by atoms with Gasteiger partial charge in [0.1, 0.15) is 29.6 Å². The number of rotatable bonds is 9. The van der Waals surface area contributed by atoms with Gasteiger partial charge < -0.3 is 19.5 Å². The predicted molar refractivity (Wildman–Crippen MR) is 125 cm³/mol. The maximum Gasteiger partial charge on any atom is 0.265 e. The molecule has 9 heteroatoms. The topological polar surface area (TPSA) is 94.2 Å². The lowest BCUT2D eigenvalue weighted by molar-refractivity contribution is -0.125. The van der Waals surface area contributed by atoms with Gasteiger partial charge in [0.2, 0.25) is 5.91 Å². The van der Waals surface area contributed by atoms with Gasteiger partial charge >= 0.3 is 0 Å². The van der Waals surface area contributed by atoms with Crippen LogP contribution in [0.1, 0.15) is 15.9 Å². The molecule has 0 aliphatic carbocycles. The molecular weight excluding hydrogens is 455 g/mol. The van der Waals surface area contributed by atoms with Gasteiger partial charge in [0.05, 0.1) is 12.8 Å². The third kappa shape index (κ3) is 5.94. The molecule has 1 aliphatic rings. The van der Waals surface area contributed by atoms with E-state index in [4.69, 9.17) is 14.2 Å². The summed E-state index contributed by atoms with van der Waals surface area (Å²) in [7, 11) is 1.56. The zero-order valence-corrected chi connectivity index (χ0v) is 19.0. The fourth-order valence-corrected chi connectivity index (χ4v) is 3.46. The second-order valence-electron chi connectivity index (χ2n) is 7.74. The Morgan fingerprint density at radius 1 is 1.03 bits per heavy atom. The molecule has 0 unspecified atom stereocenters. The van der Waals surface area contributed by atoms with Crippen molar-refractivity contribution in [2.24, 2.45) is 0 Å². The van der Waals surface area contributed by atoms with Crippen LogP contribution < -0.4 is 24.4 Å². The number of nitrogens with one attached hydrogen (secondary N) is 1. The molecule has 35 heavy (non-hydrogen) atoms. The molecule has 0 spiro atoms. The second kappa shape index (κ2) is 10.7. The monoisotopic (exact) mass is 478 g/mol. The Labute approximate surface area is 201 Å². The van der Waals surface area contributed by atoms with Gasteiger partial charge in [0, 0.05) is 12.1 Å². The fraction of sp³-hybridized carbons (Fsp3) is 0.192. The molecule has 0 atom stereocenters. The smallest absolute Gasteiger partial charge is 0.265 e. The number of benzene rings is 3. The molecule has 1 N–H and O–H groups in total. The third-order valence-corrected chi connectivity index (χ3v) is 5.36. The number of halogens is 1. The van der Waals surface area contributed by atoms with Crippen molar-refractivity contribution in [3.8, 4) is 17.2 Å². The molecule has 8 nitrogen and oxygen atoms in total. The Kier molecular flexibility index (Phi) is 7.25. The summed E-state index contributed by atoms with van der Waals surface area (Å²) in [6.07, 6.45) is 0. The largest absolute Gasteiger partial charge is 0.497 e. The number of methoxy groups -OCH3 is 1. The number of anilines is 1. The first-order valence-corrected chi connectivity index (χ1v) is 10.8. The molecule has 0 aromatic heterocycles. The first kappa shape index (κ1) is 23.7. The van der Waals surface area contributed by atoms with Gasteiger partial charge in [-0.2, -0.15) is 0 Å². The van der Waals surface area contributed by atoms with Crippen LogP contribution in [0, 0.1) is 5.82 Å². The Morgan fingerprint density at radius 2 is 1.74 bits per heavy atom. The van der Waals surface area contributed by atoms with Crippen LogP contribution in [-0.4, -0.2) is 44.5 Å². The number of amides is 2. The van der Waals surface area contributed by atoms with Gasteiger partial charge in [-0.3, -0.25) is 19.3 Å². The predicted octanol–water partition coefficient (Wildman–Crippen LogP) is 3.14. The molecule has 1 aliphatic heterocycles. The Bertz CT molecular complexity index is 1230. The van der Waals surface area contributed by atoms with E-state index >= 15 is 0 Å². The first-order chi connectivity index (χ1) is 16.9. The van der Waals surface area contributed by atoms with Crippen LogP contribution in [0.3, 0.4) is 0 Å². The zero-order chi connectivity index (χ0) is 24.8. The van der Waals surface area contributed by atoms with E-state index in [9.17, 15) is 18.8 Å². The summed E-state index contributed by atoms with van der Waals surface area (Å²) < 4.78 is 29.2. The minimum atomic E-state index is -0.409. The van der Waals surface area contributed by atoms with Gasteiger partial charge in [0.15, 0.2) is 19.0 Å². The van der Waals surface area contributed by atoms with E-state index in [1.807, 2.05) is 0 Å². The Hall–Kier alpha value is -4.40. The second-order valence-corrected chi connectivity index (χ2v) is 7.74. The highest BCUT2D eigenvalue weighted by Gasteiger charge is 2.28. The van der Waals surface area contributed by atoms with Crippen molar-refractivity contribution in [2.45, 2.75) is 6.54 Å². The van der Waals surface area contributed by atoms with Crippen LogP contribution >= 0.6 is 0 Å². The summed E-state index contributed by atoms with van der Waals surface area (Å²) in [5.41, 5.74) is 1.36. The molecule has 3 aromatic carbocycles. The van der Waals surface area contributed by atoms with Gasteiger partial charge in [-0.1, -0.05) is 12.1 Å². The van der Waals surface area contributed by atoms with Crippen LogP contribution in [0.4, 0.5) is 10.1 Å². The lowest BCUT2D eigenvalue weighted by atomic mass is 10.1. The molecule has 0 bridgehead atoms. The number of ketones is 1. The molecule has 3 aromatic rings. The number of carbonyl (C=O) groups excluding carboxylic acids is 3. The number of nitrogens with zero attached hydrogens (tertiary/aromatic N) is 1. The standard InChI is InChI=1S/C26H23FN2O6/c1-33-20-7-9-21(10-8-20)34-15-23(30)18-4-11-24-22(12-18)29(26(32)16-35-24)14-25(31)28-13-17-2-5-19(27)6-3-17/h2-12H,13-16H2,1H3,(H,28,31). The van der Waals surface area contributed by atoms with Crippen LogP contribution in [0.2, 0.25) is 0 Å².